The van der Waals surface area contributed by atoms with Crippen molar-refractivity contribution in [1.29, 1.82) is 0 Å². The molecule has 162 valence electrons. The van der Waals surface area contributed by atoms with E-state index in [0.717, 1.165) is 16.9 Å². The maximum atomic E-state index is 13.5. The lowest BCUT2D eigenvalue weighted by molar-refractivity contribution is 0.104. The van der Waals surface area contributed by atoms with E-state index < -0.39 is 21.4 Å². The van der Waals surface area contributed by atoms with Gasteiger partial charge in [-0.3, -0.25) is 4.79 Å². The first kappa shape index (κ1) is 21.7. The Morgan fingerprint density at radius 1 is 0.938 bits per heavy atom. The first-order valence-electron chi connectivity index (χ1n) is 9.64. The van der Waals surface area contributed by atoms with Gasteiger partial charge in [0.15, 0.2) is 0 Å². The number of nitrogens with two attached hydrogens (primary N) is 1. The third-order valence-corrected chi connectivity index (χ3v) is 7.95. The van der Waals surface area contributed by atoms with Crippen LogP contribution in [0.5, 0.6) is 0 Å². The number of benzene rings is 3. The van der Waals surface area contributed by atoms with E-state index in [1.54, 1.807) is 36.4 Å². The summed E-state index contributed by atoms with van der Waals surface area (Å²) in [6.07, 6.45) is 0. The van der Waals surface area contributed by atoms with Crippen LogP contribution in [0.1, 0.15) is 20.8 Å². The number of para-hydroxylation sites is 1. The van der Waals surface area contributed by atoms with Crippen LogP contribution < -0.4 is 11.1 Å². The minimum atomic E-state index is -4.03. The molecule has 0 spiro atoms. The number of hydrogen-bond donors (Lipinski definition) is 2. The Hall–Kier alpha value is -3.49. The number of aryl methyl sites for hydroxylation is 1. The molecular weight excluding hydrogens is 447 g/mol. The molecule has 0 atom stereocenters. The molecule has 0 aliphatic carbocycles. The summed E-state index contributed by atoms with van der Waals surface area (Å²) in [4.78, 5) is 13.1. The normalized spacial score (nSPS) is 11.3. The minimum Gasteiger partial charge on any atom is -0.396 e. The summed E-state index contributed by atoms with van der Waals surface area (Å²) in [5, 5.41) is 3.32. The molecule has 32 heavy (non-hydrogen) atoms. The number of nitrogen functional groups attached to an aromatic ring is 1. The van der Waals surface area contributed by atoms with Gasteiger partial charge in [-0.1, -0.05) is 35.9 Å². The maximum absolute atomic E-state index is 13.5. The van der Waals surface area contributed by atoms with Gasteiger partial charge in [0.05, 0.1) is 10.6 Å². The van der Waals surface area contributed by atoms with Gasteiger partial charge in [0.25, 0.3) is 0 Å². The Morgan fingerprint density at radius 2 is 1.56 bits per heavy atom. The summed E-state index contributed by atoms with van der Waals surface area (Å²) in [5.74, 6) is -0.955. The SMILES string of the molecule is Cc1ccc(S(=O)(=O)c2c(Nc3ccccc3)sc(C(=O)c3ccc(F)cc3)c2N)cc1. The number of anilines is 3. The number of hydrogen-bond acceptors (Lipinski definition) is 6. The summed E-state index contributed by atoms with van der Waals surface area (Å²) < 4.78 is 40.3. The number of halogens is 1. The van der Waals surface area contributed by atoms with E-state index in [1.807, 2.05) is 13.0 Å². The molecule has 0 unspecified atom stereocenters. The zero-order chi connectivity index (χ0) is 22.9. The predicted octanol–water partition coefficient (Wildman–Crippen LogP) is 5.59. The predicted molar refractivity (Wildman–Crippen MR) is 125 cm³/mol. The molecule has 0 amide bonds. The van der Waals surface area contributed by atoms with Crippen molar-refractivity contribution in [1.82, 2.24) is 0 Å². The van der Waals surface area contributed by atoms with Gasteiger partial charge >= 0.3 is 0 Å². The number of carbonyl (C=O) groups is 1. The molecule has 3 N–H and O–H groups in total. The van der Waals surface area contributed by atoms with Crippen molar-refractivity contribution in [2.75, 3.05) is 11.1 Å². The Kier molecular flexibility index (Phi) is 5.82. The highest BCUT2D eigenvalue weighted by molar-refractivity contribution is 7.92. The van der Waals surface area contributed by atoms with Gasteiger partial charge in [-0.2, -0.15) is 0 Å². The molecule has 1 aromatic heterocycles. The summed E-state index contributed by atoms with van der Waals surface area (Å²) in [7, 11) is -4.03. The number of sulfone groups is 1. The van der Waals surface area contributed by atoms with Crippen molar-refractivity contribution in [3.05, 3.63) is 101 Å². The van der Waals surface area contributed by atoms with Crippen molar-refractivity contribution >= 4 is 43.3 Å². The Balaban J connectivity index is 1.87. The van der Waals surface area contributed by atoms with Crippen LogP contribution >= 0.6 is 11.3 Å². The van der Waals surface area contributed by atoms with Crippen molar-refractivity contribution in [2.45, 2.75) is 16.7 Å². The average Bonchev–Trinajstić information content (AvgIpc) is 3.11. The largest absolute Gasteiger partial charge is 0.396 e. The van der Waals surface area contributed by atoms with E-state index in [2.05, 4.69) is 5.32 Å². The third-order valence-electron chi connectivity index (χ3n) is 4.84. The number of ketones is 1. The molecule has 4 aromatic rings. The molecule has 4 rings (SSSR count). The Bertz CT molecular complexity index is 1380. The summed E-state index contributed by atoms with van der Waals surface area (Å²) >= 11 is 0.954. The van der Waals surface area contributed by atoms with Crippen LogP contribution in [0.4, 0.5) is 20.8 Å². The molecular formula is C24H19FN2O3S2. The summed E-state index contributed by atoms with van der Waals surface area (Å²) in [6.45, 7) is 1.86. The third kappa shape index (κ3) is 4.15. The number of rotatable bonds is 6. The Labute approximate surface area is 189 Å². The molecule has 1 heterocycles. The fraction of sp³-hybridized carbons (Fsp3) is 0.0417. The van der Waals surface area contributed by atoms with Crippen molar-refractivity contribution < 1.29 is 17.6 Å². The fourth-order valence-corrected chi connectivity index (χ4v) is 6.10. The van der Waals surface area contributed by atoms with Gasteiger partial charge in [-0.15, -0.1) is 11.3 Å². The van der Waals surface area contributed by atoms with Crippen molar-refractivity contribution in [2.24, 2.45) is 0 Å². The minimum absolute atomic E-state index is 0.0701. The van der Waals surface area contributed by atoms with Crippen LogP contribution in [0.15, 0.2) is 88.7 Å². The Morgan fingerprint density at radius 3 is 2.19 bits per heavy atom. The molecule has 0 saturated heterocycles. The van der Waals surface area contributed by atoms with Crippen LogP contribution in [0.3, 0.4) is 0 Å². The molecule has 8 heteroatoms. The van der Waals surface area contributed by atoms with Gasteiger partial charge in [0.2, 0.25) is 15.6 Å². The standard InChI is InChI=1S/C24H19FN2O3S2/c1-15-7-13-19(14-8-15)32(29,30)23-20(26)22(21(28)16-9-11-17(25)12-10-16)31-24(23)27-18-5-3-2-4-6-18/h2-14,27H,26H2,1H3. The van der Waals surface area contributed by atoms with Gasteiger partial charge in [-0.25, -0.2) is 12.8 Å². The first-order valence-corrected chi connectivity index (χ1v) is 11.9. The lowest BCUT2D eigenvalue weighted by Crippen LogP contribution is -2.08. The van der Waals surface area contributed by atoms with Gasteiger partial charge in [0.1, 0.15) is 20.6 Å². The van der Waals surface area contributed by atoms with Crippen LogP contribution in [0.25, 0.3) is 0 Å². The van der Waals surface area contributed by atoms with Crippen LogP contribution in [-0.4, -0.2) is 14.2 Å². The quantitative estimate of drug-likeness (QED) is 0.362. The van der Waals surface area contributed by atoms with Crippen molar-refractivity contribution in [3.8, 4) is 0 Å². The second-order valence-corrected chi connectivity index (χ2v) is 10.1. The molecule has 0 aliphatic heterocycles. The highest BCUT2D eigenvalue weighted by Gasteiger charge is 2.31. The zero-order valence-electron chi connectivity index (χ0n) is 17.0. The average molecular weight is 467 g/mol. The first-order chi connectivity index (χ1) is 15.3. The molecule has 0 aliphatic rings. The van der Waals surface area contributed by atoms with E-state index >= 15 is 0 Å². The van der Waals surface area contributed by atoms with E-state index in [1.165, 1.54) is 36.4 Å². The summed E-state index contributed by atoms with van der Waals surface area (Å²) in [5.41, 5.74) is 7.91. The number of carbonyl (C=O) groups excluding carboxylic acids is 1. The van der Waals surface area contributed by atoms with Crippen LogP contribution in [-0.2, 0) is 9.84 Å². The van der Waals surface area contributed by atoms with E-state index in [0.29, 0.717) is 5.69 Å². The van der Waals surface area contributed by atoms with Gasteiger partial charge in [-0.05, 0) is 55.5 Å². The lowest BCUT2D eigenvalue weighted by atomic mass is 10.1. The molecule has 0 bridgehead atoms. The molecule has 0 saturated carbocycles. The highest BCUT2D eigenvalue weighted by atomic mass is 32.2. The smallest absolute Gasteiger partial charge is 0.211 e. The van der Waals surface area contributed by atoms with Gasteiger partial charge in [0, 0.05) is 11.3 Å². The van der Waals surface area contributed by atoms with E-state index in [4.69, 9.17) is 5.73 Å². The molecule has 0 fully saturated rings. The zero-order valence-corrected chi connectivity index (χ0v) is 18.6. The molecule has 3 aromatic carbocycles. The monoisotopic (exact) mass is 466 g/mol. The lowest BCUT2D eigenvalue weighted by Gasteiger charge is -2.10. The highest BCUT2D eigenvalue weighted by Crippen LogP contribution is 2.44. The molecule has 0 radical (unpaired) electrons. The van der Waals surface area contributed by atoms with E-state index in [9.17, 15) is 17.6 Å². The fourth-order valence-electron chi connectivity index (χ4n) is 3.17. The second kappa shape index (κ2) is 8.57. The number of nitrogens with one attached hydrogen (secondary N) is 1. The summed E-state index contributed by atoms with van der Waals surface area (Å²) in [6, 6.07) is 20.4. The van der Waals surface area contributed by atoms with E-state index in [-0.39, 0.29) is 30.9 Å². The van der Waals surface area contributed by atoms with Crippen LogP contribution in [0.2, 0.25) is 0 Å². The topological polar surface area (TPSA) is 89.3 Å². The van der Waals surface area contributed by atoms with Gasteiger partial charge < -0.3 is 11.1 Å². The molecule has 5 nitrogen and oxygen atoms in total. The van der Waals surface area contributed by atoms with Crippen molar-refractivity contribution in [3.63, 3.8) is 0 Å². The second-order valence-electron chi connectivity index (χ2n) is 7.15. The number of thiophene rings is 1. The maximum Gasteiger partial charge on any atom is 0.211 e. The van der Waals surface area contributed by atoms with Crippen LogP contribution in [0, 0.1) is 12.7 Å².